The molecule has 1 rings (SSSR count). The third-order valence-electron chi connectivity index (χ3n) is 1.50. The van der Waals surface area contributed by atoms with Crippen LogP contribution in [0.4, 0.5) is 5.69 Å². The van der Waals surface area contributed by atoms with Crippen LogP contribution in [0.25, 0.3) is 0 Å². The largest absolute Gasteiger partial charge is 0.392 e. The highest BCUT2D eigenvalue weighted by atomic mass is 16.3. The van der Waals surface area contributed by atoms with Crippen molar-refractivity contribution in [2.24, 2.45) is 0 Å². The number of aromatic nitrogens is 1. The molecule has 0 saturated carbocycles. The number of nitrogens with one attached hydrogen (secondary N) is 1. The van der Waals surface area contributed by atoms with Crippen LogP contribution in [-0.2, 0) is 0 Å². The van der Waals surface area contributed by atoms with E-state index in [2.05, 4.69) is 10.3 Å². The highest BCUT2D eigenvalue weighted by Crippen LogP contribution is 2.09. The molecule has 0 radical (unpaired) electrons. The first-order valence-electron chi connectivity index (χ1n) is 4.01. The lowest BCUT2D eigenvalue weighted by molar-refractivity contribution is 0.208. The van der Waals surface area contributed by atoms with Crippen LogP contribution < -0.4 is 5.32 Å². The molecule has 0 saturated heterocycles. The van der Waals surface area contributed by atoms with Crippen LogP contribution in [0, 0.1) is 11.3 Å². The van der Waals surface area contributed by atoms with E-state index in [-0.39, 0.29) is 0 Å². The third-order valence-corrected chi connectivity index (χ3v) is 1.50. The number of pyridine rings is 1. The Labute approximate surface area is 76.8 Å². The van der Waals surface area contributed by atoms with Crippen LogP contribution in [0.5, 0.6) is 0 Å². The summed E-state index contributed by atoms with van der Waals surface area (Å²) >= 11 is 0. The number of aliphatic hydroxyl groups excluding tert-OH is 1. The van der Waals surface area contributed by atoms with Gasteiger partial charge in [0.05, 0.1) is 11.8 Å². The SMILES string of the molecule is C[C@@H](O)CNc1cccnc1C#N. The van der Waals surface area contributed by atoms with Gasteiger partial charge in [-0.3, -0.25) is 0 Å². The Bertz CT molecular complexity index is 317. The minimum absolute atomic E-state index is 0.350. The molecule has 0 aliphatic carbocycles. The maximum Gasteiger partial charge on any atom is 0.163 e. The van der Waals surface area contributed by atoms with Crippen molar-refractivity contribution < 1.29 is 5.11 Å². The minimum Gasteiger partial charge on any atom is -0.392 e. The lowest BCUT2D eigenvalue weighted by Crippen LogP contribution is -2.16. The normalized spacial score (nSPS) is 11.8. The zero-order valence-electron chi connectivity index (χ0n) is 7.36. The predicted molar refractivity (Wildman–Crippen MR) is 49.1 cm³/mol. The van der Waals surface area contributed by atoms with Gasteiger partial charge in [-0.05, 0) is 19.1 Å². The molecule has 0 unspecified atom stereocenters. The molecule has 0 spiro atoms. The van der Waals surface area contributed by atoms with Crippen molar-refractivity contribution in [2.75, 3.05) is 11.9 Å². The number of rotatable bonds is 3. The molecule has 0 aromatic carbocycles. The van der Waals surface area contributed by atoms with E-state index in [1.807, 2.05) is 6.07 Å². The van der Waals surface area contributed by atoms with Crippen LogP contribution >= 0.6 is 0 Å². The van der Waals surface area contributed by atoms with Crippen molar-refractivity contribution in [3.8, 4) is 6.07 Å². The lowest BCUT2D eigenvalue weighted by atomic mass is 10.3. The molecule has 4 nitrogen and oxygen atoms in total. The van der Waals surface area contributed by atoms with Gasteiger partial charge in [0.15, 0.2) is 5.69 Å². The zero-order chi connectivity index (χ0) is 9.68. The summed E-state index contributed by atoms with van der Waals surface area (Å²) in [6.07, 6.45) is 1.12. The molecule has 1 atom stereocenters. The van der Waals surface area contributed by atoms with E-state index in [1.165, 1.54) is 0 Å². The molecule has 0 bridgehead atoms. The van der Waals surface area contributed by atoms with Crippen LogP contribution in [0.3, 0.4) is 0 Å². The molecule has 1 aromatic rings. The maximum atomic E-state index is 9.01. The van der Waals surface area contributed by atoms with Crippen molar-refractivity contribution in [1.29, 1.82) is 5.26 Å². The molecule has 1 aromatic heterocycles. The molecule has 0 aliphatic heterocycles. The molecule has 0 amide bonds. The second kappa shape index (κ2) is 4.43. The van der Waals surface area contributed by atoms with E-state index in [1.54, 1.807) is 25.3 Å². The first-order chi connectivity index (χ1) is 6.24. The first kappa shape index (κ1) is 9.49. The van der Waals surface area contributed by atoms with Gasteiger partial charge >= 0.3 is 0 Å². The molecular formula is C9H11N3O. The van der Waals surface area contributed by atoms with Gasteiger partial charge in [-0.25, -0.2) is 4.98 Å². The molecule has 68 valence electrons. The molecule has 2 N–H and O–H groups in total. The number of hydrogen-bond donors (Lipinski definition) is 2. The standard InChI is InChI=1S/C9H11N3O/c1-7(13)6-12-8-3-2-4-11-9(8)5-10/h2-4,7,12-13H,6H2,1H3/t7-/m1/s1. The van der Waals surface area contributed by atoms with E-state index in [0.717, 1.165) is 0 Å². The van der Waals surface area contributed by atoms with Gasteiger partial charge in [0.2, 0.25) is 0 Å². The minimum atomic E-state index is -0.438. The predicted octanol–water partition coefficient (Wildman–Crippen LogP) is 0.746. The maximum absolute atomic E-state index is 9.01. The van der Waals surface area contributed by atoms with Crippen molar-refractivity contribution in [1.82, 2.24) is 4.98 Å². The van der Waals surface area contributed by atoms with Gasteiger partial charge in [0.25, 0.3) is 0 Å². The van der Waals surface area contributed by atoms with E-state index in [9.17, 15) is 0 Å². The number of hydrogen-bond acceptors (Lipinski definition) is 4. The topological polar surface area (TPSA) is 68.9 Å². The van der Waals surface area contributed by atoms with Gasteiger partial charge in [-0.1, -0.05) is 0 Å². The van der Waals surface area contributed by atoms with Crippen LogP contribution in [0.15, 0.2) is 18.3 Å². The highest BCUT2D eigenvalue weighted by Gasteiger charge is 2.01. The molecular weight excluding hydrogens is 166 g/mol. The summed E-state index contributed by atoms with van der Waals surface area (Å²) in [7, 11) is 0. The number of nitrogens with zero attached hydrogens (tertiary/aromatic N) is 2. The van der Waals surface area contributed by atoms with Gasteiger partial charge in [-0.15, -0.1) is 0 Å². The van der Waals surface area contributed by atoms with Crippen LogP contribution in [0.2, 0.25) is 0 Å². The van der Waals surface area contributed by atoms with Crippen molar-refractivity contribution >= 4 is 5.69 Å². The smallest absolute Gasteiger partial charge is 0.163 e. The number of aliphatic hydroxyl groups is 1. The van der Waals surface area contributed by atoms with Gasteiger partial charge in [0, 0.05) is 12.7 Å². The fraction of sp³-hybridized carbons (Fsp3) is 0.333. The highest BCUT2D eigenvalue weighted by molar-refractivity contribution is 5.53. The Morgan fingerprint density at radius 1 is 1.77 bits per heavy atom. The van der Waals surface area contributed by atoms with Gasteiger partial charge in [-0.2, -0.15) is 5.26 Å². The molecule has 0 fully saturated rings. The first-order valence-corrected chi connectivity index (χ1v) is 4.01. The fourth-order valence-electron chi connectivity index (χ4n) is 0.895. The quantitative estimate of drug-likeness (QED) is 0.714. The molecule has 1 heterocycles. The molecule has 0 aliphatic rings. The van der Waals surface area contributed by atoms with Crippen LogP contribution in [0.1, 0.15) is 12.6 Å². The summed E-state index contributed by atoms with van der Waals surface area (Å²) in [6, 6.07) is 5.46. The van der Waals surface area contributed by atoms with E-state index in [4.69, 9.17) is 10.4 Å². The third kappa shape index (κ3) is 2.73. The van der Waals surface area contributed by atoms with Crippen LogP contribution in [-0.4, -0.2) is 22.7 Å². The summed E-state index contributed by atoms with van der Waals surface area (Å²) in [5.41, 5.74) is 1.01. The Kier molecular flexibility index (Phi) is 3.23. The number of nitriles is 1. The average molecular weight is 177 g/mol. The Hall–Kier alpha value is -1.60. The summed E-state index contributed by atoms with van der Waals surface area (Å²) in [6.45, 7) is 2.09. The second-order valence-corrected chi connectivity index (χ2v) is 2.74. The Balaban J connectivity index is 2.71. The Morgan fingerprint density at radius 3 is 3.15 bits per heavy atom. The lowest BCUT2D eigenvalue weighted by Gasteiger charge is -2.08. The monoisotopic (exact) mass is 177 g/mol. The molecule has 13 heavy (non-hydrogen) atoms. The number of anilines is 1. The summed E-state index contributed by atoms with van der Waals surface area (Å²) in [5, 5.41) is 20.6. The van der Waals surface area contributed by atoms with Gasteiger partial charge in [0.1, 0.15) is 6.07 Å². The van der Waals surface area contributed by atoms with Gasteiger partial charge < -0.3 is 10.4 Å². The zero-order valence-corrected chi connectivity index (χ0v) is 7.36. The van der Waals surface area contributed by atoms with Crippen molar-refractivity contribution in [3.05, 3.63) is 24.0 Å². The van der Waals surface area contributed by atoms with E-state index in [0.29, 0.717) is 17.9 Å². The second-order valence-electron chi connectivity index (χ2n) is 2.74. The Morgan fingerprint density at radius 2 is 2.54 bits per heavy atom. The van der Waals surface area contributed by atoms with Crippen molar-refractivity contribution in [2.45, 2.75) is 13.0 Å². The van der Waals surface area contributed by atoms with E-state index < -0.39 is 6.10 Å². The summed E-state index contributed by atoms with van der Waals surface area (Å²) in [4.78, 5) is 3.87. The van der Waals surface area contributed by atoms with Crippen molar-refractivity contribution in [3.63, 3.8) is 0 Å². The molecule has 4 heteroatoms. The van der Waals surface area contributed by atoms with E-state index >= 15 is 0 Å². The summed E-state index contributed by atoms with van der Waals surface area (Å²) < 4.78 is 0. The fourth-order valence-corrected chi connectivity index (χ4v) is 0.895. The summed E-state index contributed by atoms with van der Waals surface area (Å²) in [5.74, 6) is 0. The average Bonchev–Trinajstić information content (AvgIpc) is 2.15.